The Balaban J connectivity index is 1.11. The number of pyridine rings is 1. The summed E-state index contributed by atoms with van der Waals surface area (Å²) in [7, 11) is 0. The van der Waals surface area contributed by atoms with E-state index < -0.39 is 0 Å². The number of nitrogens with one attached hydrogen (secondary N) is 1. The molecule has 9 nitrogen and oxygen atoms in total. The summed E-state index contributed by atoms with van der Waals surface area (Å²) in [6, 6.07) is 4.89. The van der Waals surface area contributed by atoms with Crippen molar-refractivity contribution in [2.45, 2.75) is 57.5 Å². The van der Waals surface area contributed by atoms with Crippen LogP contribution < -0.4 is 15.1 Å². The summed E-state index contributed by atoms with van der Waals surface area (Å²) in [6.07, 6.45) is 15.3. The molecule has 0 spiro atoms. The Labute approximate surface area is 207 Å². The topological polar surface area (TPSA) is 87.9 Å². The van der Waals surface area contributed by atoms with Gasteiger partial charge in [0.25, 0.3) is 0 Å². The van der Waals surface area contributed by atoms with E-state index in [0.717, 1.165) is 55.0 Å². The molecule has 2 aliphatic heterocycles. The van der Waals surface area contributed by atoms with Crippen molar-refractivity contribution >= 4 is 11.5 Å². The largest absolute Gasteiger partial charge is 0.369 e. The zero-order valence-electron chi connectivity index (χ0n) is 20.6. The van der Waals surface area contributed by atoms with E-state index in [1.165, 1.54) is 50.8 Å². The number of nitrogens with zero attached hydrogens (tertiary/aromatic N) is 8. The molecule has 3 aliphatic rings. The predicted molar refractivity (Wildman–Crippen MR) is 137 cm³/mol. The van der Waals surface area contributed by atoms with Gasteiger partial charge in [0, 0.05) is 32.2 Å². The van der Waals surface area contributed by atoms with E-state index in [9.17, 15) is 0 Å². The van der Waals surface area contributed by atoms with Gasteiger partial charge in [0.1, 0.15) is 17.2 Å². The molecular formula is C26H35N9. The Morgan fingerprint density at radius 1 is 0.971 bits per heavy atom. The molecule has 35 heavy (non-hydrogen) atoms. The van der Waals surface area contributed by atoms with E-state index in [4.69, 9.17) is 9.97 Å². The third kappa shape index (κ3) is 5.15. The van der Waals surface area contributed by atoms with Crippen LogP contribution in [0.3, 0.4) is 0 Å². The van der Waals surface area contributed by atoms with Crippen molar-refractivity contribution in [3.63, 3.8) is 0 Å². The lowest BCUT2D eigenvalue weighted by Crippen LogP contribution is -2.46. The maximum Gasteiger partial charge on any atom is 0.147 e. The molecule has 1 unspecified atom stereocenters. The number of aromatic nitrogens is 6. The lowest BCUT2D eigenvalue weighted by atomic mass is 10.0. The molecule has 3 aromatic heterocycles. The maximum atomic E-state index is 4.80. The Morgan fingerprint density at radius 2 is 1.83 bits per heavy atom. The first-order valence-corrected chi connectivity index (χ1v) is 13.2. The summed E-state index contributed by atoms with van der Waals surface area (Å²) in [5.41, 5.74) is 3.67. The fourth-order valence-electron chi connectivity index (χ4n) is 5.16. The van der Waals surface area contributed by atoms with Crippen molar-refractivity contribution in [1.29, 1.82) is 0 Å². The Bertz CT molecular complexity index is 1120. The highest BCUT2D eigenvalue weighted by Gasteiger charge is 2.25. The highest BCUT2D eigenvalue weighted by molar-refractivity contribution is 5.54. The summed E-state index contributed by atoms with van der Waals surface area (Å²) < 4.78 is 1.86. The van der Waals surface area contributed by atoms with Crippen LogP contribution in [-0.4, -0.2) is 68.7 Å². The Hall–Kier alpha value is -3.07. The molecule has 0 amide bonds. The smallest absolute Gasteiger partial charge is 0.147 e. The van der Waals surface area contributed by atoms with Crippen molar-refractivity contribution in [1.82, 2.24) is 35.3 Å². The number of rotatable bonds is 8. The lowest BCUT2D eigenvalue weighted by Gasteiger charge is -2.35. The van der Waals surface area contributed by atoms with Crippen LogP contribution in [0.2, 0.25) is 0 Å². The number of anilines is 2. The number of hydrogen-bond acceptors (Lipinski definition) is 8. The van der Waals surface area contributed by atoms with Crippen molar-refractivity contribution in [2.24, 2.45) is 5.92 Å². The molecule has 2 atom stereocenters. The summed E-state index contributed by atoms with van der Waals surface area (Å²) in [6.45, 7) is 7.53. The van der Waals surface area contributed by atoms with Crippen LogP contribution in [0.4, 0.5) is 11.5 Å². The van der Waals surface area contributed by atoms with Gasteiger partial charge < -0.3 is 15.1 Å². The fourth-order valence-corrected chi connectivity index (χ4v) is 5.16. The zero-order chi connectivity index (χ0) is 23.6. The molecule has 0 bridgehead atoms. The second-order valence-corrected chi connectivity index (χ2v) is 10.3. The second-order valence-electron chi connectivity index (χ2n) is 10.3. The first-order chi connectivity index (χ1) is 17.2. The quantitative estimate of drug-likeness (QED) is 0.533. The molecular weight excluding hydrogens is 438 g/mol. The van der Waals surface area contributed by atoms with E-state index in [-0.39, 0.29) is 6.04 Å². The SMILES string of the molecule is CC(c1ccc(N2CCC[C@@H](NCC3CC3)C2)cn1)n1cc(-c2cncc(N3CCCC3)n2)nn1. The number of hydrogen-bond donors (Lipinski definition) is 1. The van der Waals surface area contributed by atoms with Crippen LogP contribution in [0.1, 0.15) is 57.2 Å². The molecule has 6 rings (SSSR count). The molecule has 3 fully saturated rings. The lowest BCUT2D eigenvalue weighted by molar-refractivity contribution is 0.416. The molecule has 3 aromatic rings. The van der Waals surface area contributed by atoms with Gasteiger partial charge in [-0.05, 0) is 70.0 Å². The van der Waals surface area contributed by atoms with Crippen molar-refractivity contribution in [3.8, 4) is 11.4 Å². The van der Waals surface area contributed by atoms with Gasteiger partial charge in [0.2, 0.25) is 0 Å². The van der Waals surface area contributed by atoms with Gasteiger partial charge in [0.05, 0.1) is 42.2 Å². The Kier molecular flexibility index (Phi) is 6.33. The number of piperidine rings is 1. The van der Waals surface area contributed by atoms with Crippen LogP contribution >= 0.6 is 0 Å². The van der Waals surface area contributed by atoms with Crippen LogP contribution in [0.15, 0.2) is 36.9 Å². The molecule has 5 heterocycles. The summed E-state index contributed by atoms with van der Waals surface area (Å²) in [5.74, 6) is 1.84. The average molecular weight is 474 g/mol. The maximum absolute atomic E-state index is 4.80. The van der Waals surface area contributed by atoms with E-state index in [1.807, 2.05) is 23.3 Å². The fraction of sp³-hybridized carbons (Fsp3) is 0.577. The minimum Gasteiger partial charge on any atom is -0.369 e. The standard InChI is InChI=1S/C26H35N9/c1-19(35-18-25(31-32-35)24-15-27-16-26(30-24)33-10-2-3-11-33)23-9-8-22(14-29-23)34-12-4-5-21(17-34)28-13-20-6-7-20/h8-9,14-16,18-21,28H,2-7,10-13,17H2,1H3/t19?,21-/m1/s1. The van der Waals surface area contributed by atoms with E-state index in [1.54, 1.807) is 6.20 Å². The molecule has 1 aliphatic carbocycles. The second kappa shape index (κ2) is 9.89. The molecule has 184 valence electrons. The monoisotopic (exact) mass is 473 g/mol. The van der Waals surface area contributed by atoms with Crippen LogP contribution in [0.25, 0.3) is 11.4 Å². The highest BCUT2D eigenvalue weighted by atomic mass is 15.4. The molecule has 2 saturated heterocycles. The van der Waals surface area contributed by atoms with Gasteiger partial charge in [-0.25, -0.2) is 9.67 Å². The third-order valence-corrected chi connectivity index (χ3v) is 7.60. The van der Waals surface area contributed by atoms with E-state index >= 15 is 0 Å². The first kappa shape index (κ1) is 22.4. The Morgan fingerprint density at radius 3 is 2.63 bits per heavy atom. The summed E-state index contributed by atoms with van der Waals surface area (Å²) in [5, 5.41) is 12.5. The van der Waals surface area contributed by atoms with Crippen molar-refractivity contribution in [2.75, 3.05) is 42.5 Å². The zero-order valence-corrected chi connectivity index (χ0v) is 20.6. The van der Waals surface area contributed by atoms with Crippen LogP contribution in [-0.2, 0) is 0 Å². The van der Waals surface area contributed by atoms with Gasteiger partial charge in [-0.3, -0.25) is 9.97 Å². The van der Waals surface area contributed by atoms with Gasteiger partial charge in [0.15, 0.2) is 0 Å². The van der Waals surface area contributed by atoms with Gasteiger partial charge >= 0.3 is 0 Å². The van der Waals surface area contributed by atoms with Crippen LogP contribution in [0.5, 0.6) is 0 Å². The molecule has 1 saturated carbocycles. The van der Waals surface area contributed by atoms with Gasteiger partial charge in [-0.15, -0.1) is 5.10 Å². The molecule has 0 aromatic carbocycles. The minimum absolute atomic E-state index is 0.0191. The first-order valence-electron chi connectivity index (χ1n) is 13.2. The van der Waals surface area contributed by atoms with Crippen LogP contribution in [0, 0.1) is 5.92 Å². The highest BCUT2D eigenvalue weighted by Crippen LogP contribution is 2.29. The average Bonchev–Trinajstić information content (AvgIpc) is 3.35. The van der Waals surface area contributed by atoms with Gasteiger partial charge in [-0.1, -0.05) is 5.21 Å². The van der Waals surface area contributed by atoms with Gasteiger partial charge in [-0.2, -0.15) is 0 Å². The minimum atomic E-state index is -0.0191. The molecule has 0 radical (unpaired) electrons. The molecule has 1 N–H and O–H groups in total. The summed E-state index contributed by atoms with van der Waals surface area (Å²) >= 11 is 0. The van der Waals surface area contributed by atoms with Crippen molar-refractivity contribution < 1.29 is 0 Å². The van der Waals surface area contributed by atoms with E-state index in [2.05, 4.69) is 49.5 Å². The molecule has 9 heteroatoms. The summed E-state index contributed by atoms with van der Waals surface area (Å²) in [4.78, 5) is 18.7. The normalized spacial score (nSPS) is 21.5. The predicted octanol–water partition coefficient (Wildman–Crippen LogP) is 3.31. The van der Waals surface area contributed by atoms with Crippen molar-refractivity contribution in [3.05, 3.63) is 42.6 Å². The third-order valence-electron chi connectivity index (χ3n) is 7.60. The van der Waals surface area contributed by atoms with E-state index in [0.29, 0.717) is 6.04 Å².